The van der Waals surface area contributed by atoms with Gasteiger partial charge < -0.3 is 11.1 Å². The zero-order valence-corrected chi connectivity index (χ0v) is 13.0. The SMILES string of the molecule is CC1(C)C(NC(=O)c2sc3cnccc3c2N)C1(C)C. The number of hydrogen-bond acceptors (Lipinski definition) is 4. The molecule has 3 rings (SSSR count). The highest BCUT2D eigenvalue weighted by molar-refractivity contribution is 7.21. The highest BCUT2D eigenvalue weighted by Gasteiger charge is 2.65. The van der Waals surface area contributed by atoms with E-state index in [1.165, 1.54) is 11.3 Å². The molecule has 0 unspecified atom stereocenters. The second-order valence-corrected chi connectivity index (χ2v) is 7.62. The Balaban J connectivity index is 1.89. The fraction of sp³-hybridized carbons (Fsp3) is 0.467. The minimum atomic E-state index is -0.0765. The molecule has 2 aromatic rings. The van der Waals surface area contributed by atoms with Crippen LogP contribution >= 0.6 is 11.3 Å². The first-order valence-corrected chi connectivity index (χ1v) is 7.51. The number of aromatic nitrogens is 1. The molecule has 1 aliphatic carbocycles. The van der Waals surface area contributed by atoms with Crippen LogP contribution in [0.4, 0.5) is 5.69 Å². The minimum absolute atomic E-state index is 0.0765. The Morgan fingerprint density at radius 2 is 2.00 bits per heavy atom. The van der Waals surface area contributed by atoms with Crippen LogP contribution in [0.1, 0.15) is 37.4 Å². The Morgan fingerprint density at radius 1 is 1.35 bits per heavy atom. The lowest BCUT2D eigenvalue weighted by Gasteiger charge is -2.06. The second kappa shape index (κ2) is 3.95. The highest BCUT2D eigenvalue weighted by atomic mass is 32.1. The van der Waals surface area contributed by atoms with Crippen LogP contribution in [0.25, 0.3) is 10.1 Å². The van der Waals surface area contributed by atoms with Crippen LogP contribution in [0.3, 0.4) is 0 Å². The van der Waals surface area contributed by atoms with Gasteiger partial charge in [-0.15, -0.1) is 11.3 Å². The van der Waals surface area contributed by atoms with Gasteiger partial charge in [-0.3, -0.25) is 9.78 Å². The summed E-state index contributed by atoms with van der Waals surface area (Å²) in [4.78, 5) is 17.1. The second-order valence-electron chi connectivity index (χ2n) is 6.57. The Kier molecular flexibility index (Phi) is 2.64. The molecule has 5 heteroatoms. The molecule has 3 N–H and O–H groups in total. The lowest BCUT2D eigenvalue weighted by atomic mass is 10.0. The first kappa shape index (κ1) is 13.4. The van der Waals surface area contributed by atoms with Crippen molar-refractivity contribution in [2.24, 2.45) is 10.8 Å². The zero-order valence-electron chi connectivity index (χ0n) is 12.2. The third-order valence-corrected chi connectivity index (χ3v) is 6.19. The van der Waals surface area contributed by atoms with Crippen molar-refractivity contribution in [2.75, 3.05) is 5.73 Å². The molecule has 0 bridgehead atoms. The molecule has 106 valence electrons. The van der Waals surface area contributed by atoms with Gasteiger partial charge in [0.1, 0.15) is 4.88 Å². The van der Waals surface area contributed by atoms with Crippen molar-refractivity contribution in [3.8, 4) is 0 Å². The molecule has 2 heterocycles. The van der Waals surface area contributed by atoms with Crippen molar-refractivity contribution in [3.05, 3.63) is 23.3 Å². The van der Waals surface area contributed by atoms with Gasteiger partial charge in [-0.05, 0) is 16.9 Å². The lowest BCUT2D eigenvalue weighted by Crippen LogP contribution is -2.29. The van der Waals surface area contributed by atoms with Gasteiger partial charge in [0.15, 0.2) is 0 Å². The van der Waals surface area contributed by atoms with Crippen LogP contribution in [0.5, 0.6) is 0 Å². The number of anilines is 1. The first-order valence-electron chi connectivity index (χ1n) is 6.69. The number of thiophene rings is 1. The molecule has 1 saturated carbocycles. The average Bonchev–Trinajstić information content (AvgIpc) is 2.70. The number of nitrogens with zero attached hydrogens (tertiary/aromatic N) is 1. The molecule has 1 amide bonds. The number of carbonyl (C=O) groups is 1. The summed E-state index contributed by atoms with van der Waals surface area (Å²) in [6.45, 7) is 8.71. The van der Waals surface area contributed by atoms with Gasteiger partial charge in [-0.1, -0.05) is 27.7 Å². The van der Waals surface area contributed by atoms with Crippen LogP contribution in [0.2, 0.25) is 0 Å². The third-order valence-electron chi connectivity index (χ3n) is 5.03. The summed E-state index contributed by atoms with van der Waals surface area (Å²) < 4.78 is 0.949. The minimum Gasteiger partial charge on any atom is -0.397 e. The molecule has 0 aliphatic heterocycles. The summed E-state index contributed by atoms with van der Waals surface area (Å²) in [5, 5.41) is 4.03. The van der Waals surface area contributed by atoms with Crippen molar-refractivity contribution in [3.63, 3.8) is 0 Å². The third kappa shape index (κ3) is 1.66. The summed E-state index contributed by atoms with van der Waals surface area (Å²) in [6.07, 6.45) is 3.44. The maximum atomic E-state index is 12.5. The number of fused-ring (bicyclic) bond motifs is 1. The first-order chi connectivity index (χ1) is 9.26. The van der Waals surface area contributed by atoms with Crippen molar-refractivity contribution in [1.82, 2.24) is 10.3 Å². The average molecular weight is 289 g/mol. The standard InChI is InChI=1S/C15H19N3OS/c1-14(2)13(15(14,3)4)18-12(19)11-10(16)8-5-6-17-7-9(8)20-11/h5-7,13H,16H2,1-4H3,(H,18,19). The summed E-state index contributed by atoms with van der Waals surface area (Å²) in [6, 6.07) is 2.04. The van der Waals surface area contributed by atoms with E-state index in [9.17, 15) is 4.79 Å². The number of nitrogen functional groups attached to an aromatic ring is 1. The molecule has 0 saturated heterocycles. The topological polar surface area (TPSA) is 68.0 Å². The molecule has 1 aliphatic rings. The number of nitrogens with two attached hydrogens (primary N) is 1. The van der Waals surface area contributed by atoms with Gasteiger partial charge in [0.2, 0.25) is 0 Å². The van der Waals surface area contributed by atoms with Gasteiger partial charge in [-0.2, -0.15) is 0 Å². The fourth-order valence-electron chi connectivity index (χ4n) is 2.89. The number of carbonyl (C=O) groups excluding carboxylic acids is 1. The summed E-state index contributed by atoms with van der Waals surface area (Å²) >= 11 is 1.40. The normalized spacial score (nSPS) is 20.0. The molecule has 0 radical (unpaired) electrons. The predicted octanol–water partition coefficient (Wildman–Crippen LogP) is 3.04. The van der Waals surface area contributed by atoms with E-state index in [0.29, 0.717) is 10.6 Å². The number of rotatable bonds is 2. The van der Waals surface area contributed by atoms with Crippen LogP contribution in [-0.4, -0.2) is 16.9 Å². The molecule has 1 fully saturated rings. The smallest absolute Gasteiger partial charge is 0.263 e. The van der Waals surface area contributed by atoms with Crippen LogP contribution < -0.4 is 11.1 Å². The molecule has 0 spiro atoms. The van der Waals surface area contributed by atoms with Gasteiger partial charge in [0.25, 0.3) is 5.91 Å². The van der Waals surface area contributed by atoms with Gasteiger partial charge in [0.05, 0.1) is 10.4 Å². The largest absolute Gasteiger partial charge is 0.397 e. The number of pyridine rings is 1. The van der Waals surface area contributed by atoms with Gasteiger partial charge in [-0.25, -0.2) is 0 Å². The van der Waals surface area contributed by atoms with Crippen LogP contribution in [0, 0.1) is 10.8 Å². The fourth-order valence-corrected chi connectivity index (χ4v) is 3.89. The van der Waals surface area contributed by atoms with E-state index >= 15 is 0 Å². The Labute approximate surface area is 122 Å². The monoisotopic (exact) mass is 289 g/mol. The van der Waals surface area contributed by atoms with Crippen LogP contribution in [0.15, 0.2) is 18.5 Å². The van der Waals surface area contributed by atoms with Crippen molar-refractivity contribution < 1.29 is 4.79 Å². The van der Waals surface area contributed by atoms with Crippen molar-refractivity contribution in [1.29, 1.82) is 0 Å². The van der Waals surface area contributed by atoms with E-state index in [4.69, 9.17) is 5.73 Å². The Hall–Kier alpha value is -1.62. The molecule has 2 aromatic heterocycles. The Morgan fingerprint density at radius 3 is 2.55 bits per heavy atom. The Bertz CT molecular complexity index is 688. The van der Waals surface area contributed by atoms with E-state index in [1.807, 2.05) is 6.07 Å². The van der Waals surface area contributed by atoms with E-state index < -0.39 is 0 Å². The number of amides is 1. The molecular formula is C15H19N3OS. The maximum absolute atomic E-state index is 12.5. The molecular weight excluding hydrogens is 270 g/mol. The van der Waals surface area contributed by atoms with E-state index in [1.54, 1.807) is 12.4 Å². The van der Waals surface area contributed by atoms with Crippen molar-refractivity contribution in [2.45, 2.75) is 33.7 Å². The zero-order chi connectivity index (χ0) is 14.7. The summed E-state index contributed by atoms with van der Waals surface area (Å²) in [5.41, 5.74) is 6.89. The van der Waals surface area contributed by atoms with Gasteiger partial charge in [0, 0.05) is 23.8 Å². The molecule has 20 heavy (non-hydrogen) atoms. The quantitative estimate of drug-likeness (QED) is 0.893. The predicted molar refractivity (Wildman–Crippen MR) is 82.8 cm³/mol. The maximum Gasteiger partial charge on any atom is 0.263 e. The number of nitrogens with one attached hydrogen (secondary N) is 1. The van der Waals surface area contributed by atoms with E-state index in [-0.39, 0.29) is 22.8 Å². The van der Waals surface area contributed by atoms with Crippen molar-refractivity contribution >= 4 is 33.0 Å². The lowest BCUT2D eigenvalue weighted by molar-refractivity contribution is 0.0948. The van der Waals surface area contributed by atoms with Crippen LogP contribution in [-0.2, 0) is 0 Å². The summed E-state index contributed by atoms with van der Waals surface area (Å²) in [7, 11) is 0. The summed E-state index contributed by atoms with van der Waals surface area (Å²) in [5.74, 6) is -0.0765. The number of hydrogen-bond donors (Lipinski definition) is 2. The molecule has 0 atom stereocenters. The molecule has 0 aromatic carbocycles. The van der Waals surface area contributed by atoms with Gasteiger partial charge >= 0.3 is 0 Å². The molecule has 4 nitrogen and oxygen atoms in total. The van der Waals surface area contributed by atoms with E-state index in [0.717, 1.165) is 10.1 Å². The highest BCUT2D eigenvalue weighted by Crippen LogP contribution is 2.62. The van der Waals surface area contributed by atoms with E-state index in [2.05, 4.69) is 38.0 Å².